The molecule has 11 rings (SSSR count). The number of hydrogen-bond acceptors (Lipinski definition) is 4. The van der Waals surface area contributed by atoms with Crippen LogP contribution in [0.25, 0.3) is 0 Å². The highest BCUT2D eigenvalue weighted by atomic mass is 31.1. The lowest BCUT2D eigenvalue weighted by Gasteiger charge is -2.72. The van der Waals surface area contributed by atoms with Gasteiger partial charge in [0.1, 0.15) is 0 Å². The van der Waals surface area contributed by atoms with E-state index in [-0.39, 0.29) is 5.16 Å². The molecule has 8 saturated carbocycles. The van der Waals surface area contributed by atoms with E-state index in [4.69, 9.17) is 9.97 Å². The van der Waals surface area contributed by atoms with E-state index in [2.05, 4.69) is 57.0 Å². The molecule has 0 spiro atoms. The molecule has 3 aromatic rings. The number of aromatic nitrogens is 4. The highest BCUT2D eigenvalue weighted by Crippen LogP contribution is 2.78. The minimum absolute atomic E-state index is 0.116. The first-order valence-corrected chi connectivity index (χ1v) is 24.0. The van der Waals surface area contributed by atoms with E-state index in [1.807, 2.05) is 24.8 Å². The minimum Gasteiger partial charge on any atom is -0.261 e. The number of nitrogens with zero attached hydrogens (tertiary/aromatic N) is 4. The summed E-state index contributed by atoms with van der Waals surface area (Å²) in [4.78, 5) is 19.0. The molecule has 0 aliphatic heterocycles. The molecule has 242 valence electrons. The smallest absolute Gasteiger partial charge is 0.0877 e. The second-order valence-electron chi connectivity index (χ2n) is 18.0. The van der Waals surface area contributed by atoms with Gasteiger partial charge < -0.3 is 0 Å². The van der Waals surface area contributed by atoms with Gasteiger partial charge in [-0.1, -0.05) is 43.0 Å². The van der Waals surface area contributed by atoms with Crippen LogP contribution in [0.4, 0.5) is 0 Å². The van der Waals surface area contributed by atoms with Crippen LogP contribution in [-0.2, 0) is 11.3 Å². The summed E-state index contributed by atoms with van der Waals surface area (Å²) in [6, 6.07) is 8.00. The lowest BCUT2D eigenvalue weighted by Crippen LogP contribution is -2.64. The molecule has 1 unspecified atom stereocenters. The molecule has 2 aromatic heterocycles. The van der Waals surface area contributed by atoms with Crippen LogP contribution in [0.1, 0.15) is 88.2 Å². The predicted molar refractivity (Wildman–Crippen MR) is 196 cm³/mol. The molecule has 46 heavy (non-hydrogen) atoms. The zero-order valence-corrected chi connectivity index (χ0v) is 31.2. The SMILES string of the molecule is C[Si](C)(C)c1ccc(C(P)(C23CC4CC(CC(C4)C2)C3)C23CC4CC(CC(C4)C2)C3)c(CP(c2cnccn2)c2cnccn2)c1. The van der Waals surface area contributed by atoms with Crippen molar-refractivity contribution in [1.29, 1.82) is 0 Å². The van der Waals surface area contributed by atoms with Crippen LogP contribution < -0.4 is 16.1 Å². The lowest BCUT2D eigenvalue weighted by molar-refractivity contribution is -0.158. The molecule has 1 aromatic carbocycles. The first kappa shape index (κ1) is 30.5. The van der Waals surface area contributed by atoms with E-state index in [9.17, 15) is 0 Å². The van der Waals surface area contributed by atoms with Crippen molar-refractivity contribution in [1.82, 2.24) is 19.9 Å². The Morgan fingerprint density at radius 3 is 1.50 bits per heavy atom. The number of benzene rings is 1. The van der Waals surface area contributed by atoms with Crippen LogP contribution in [0.15, 0.2) is 55.4 Å². The maximum Gasteiger partial charge on any atom is 0.0877 e. The fourth-order valence-electron chi connectivity index (χ4n) is 13.2. The molecule has 7 heteroatoms. The van der Waals surface area contributed by atoms with Gasteiger partial charge in [0.25, 0.3) is 0 Å². The molecule has 0 saturated heterocycles. The Morgan fingerprint density at radius 2 is 1.13 bits per heavy atom. The van der Waals surface area contributed by atoms with E-state index >= 15 is 0 Å². The third kappa shape index (κ3) is 4.79. The summed E-state index contributed by atoms with van der Waals surface area (Å²) in [5.41, 5.74) is 6.22. The first-order valence-electron chi connectivity index (χ1n) is 18.4. The topological polar surface area (TPSA) is 51.6 Å². The molecule has 8 bridgehead atoms. The third-order valence-electron chi connectivity index (χ3n) is 14.1. The van der Waals surface area contributed by atoms with Crippen LogP contribution in [0.5, 0.6) is 0 Å². The standard InChI is InChI=1S/C39H52N4P2Si/c1-46(2,3)33-4-5-34(32(16-33)25-45(35-23-40-6-8-42-35)36-24-41-7-9-43-36)39(44,37-17-26-10-27(18-37)12-28(11-26)19-37)38-20-29-13-30(21-38)15-31(14-29)22-38/h4-9,16,23-24,26-31H,10-15,17-22,25,44H2,1-3H3. The second-order valence-corrected chi connectivity index (χ2v) is 26.1. The van der Waals surface area contributed by atoms with Gasteiger partial charge in [-0.05, 0) is 135 Å². The zero-order chi connectivity index (χ0) is 31.3. The van der Waals surface area contributed by atoms with Gasteiger partial charge in [0.05, 0.1) is 31.3 Å². The summed E-state index contributed by atoms with van der Waals surface area (Å²) >= 11 is 0. The Hall–Kier alpha value is -1.54. The van der Waals surface area contributed by atoms with E-state index in [1.165, 1.54) is 77.0 Å². The van der Waals surface area contributed by atoms with E-state index in [0.29, 0.717) is 10.8 Å². The molecule has 2 heterocycles. The monoisotopic (exact) mass is 666 g/mol. The van der Waals surface area contributed by atoms with Crippen LogP contribution in [0.3, 0.4) is 0 Å². The van der Waals surface area contributed by atoms with Crippen molar-refractivity contribution in [2.24, 2.45) is 46.3 Å². The Bertz CT molecular complexity index is 1450. The fraction of sp³-hybridized carbons (Fsp3) is 0.641. The molecule has 0 N–H and O–H groups in total. The van der Waals surface area contributed by atoms with Crippen molar-refractivity contribution in [2.45, 2.75) is 108 Å². The largest absolute Gasteiger partial charge is 0.261 e. The molecule has 1 atom stereocenters. The van der Waals surface area contributed by atoms with Gasteiger partial charge in [0, 0.05) is 44.0 Å². The molecule has 8 aliphatic rings. The zero-order valence-electron chi connectivity index (χ0n) is 28.2. The van der Waals surface area contributed by atoms with Gasteiger partial charge in [-0.3, -0.25) is 19.9 Å². The Balaban J connectivity index is 1.26. The van der Waals surface area contributed by atoms with E-state index < -0.39 is 16.0 Å². The molecular weight excluding hydrogens is 614 g/mol. The first-order chi connectivity index (χ1) is 22.1. The van der Waals surface area contributed by atoms with Crippen LogP contribution in [0, 0.1) is 46.3 Å². The summed E-state index contributed by atoms with van der Waals surface area (Å²) in [7, 11) is 1.45. The summed E-state index contributed by atoms with van der Waals surface area (Å²) in [6.45, 7) is 7.56. The molecular formula is C39H52N4P2Si. The van der Waals surface area contributed by atoms with Crippen molar-refractivity contribution >= 4 is 41.3 Å². The molecule has 8 aliphatic carbocycles. The Kier molecular flexibility index (Phi) is 7.28. The average molecular weight is 667 g/mol. The average Bonchev–Trinajstić information content (AvgIpc) is 3.02. The van der Waals surface area contributed by atoms with Gasteiger partial charge >= 0.3 is 0 Å². The fourth-order valence-corrected chi connectivity index (χ4v) is 17.4. The van der Waals surface area contributed by atoms with Crippen LogP contribution >= 0.6 is 17.2 Å². The Labute approximate surface area is 281 Å². The summed E-state index contributed by atoms with van der Waals surface area (Å²) in [6.07, 6.45) is 30.1. The highest BCUT2D eigenvalue weighted by Gasteiger charge is 2.69. The van der Waals surface area contributed by atoms with Gasteiger partial charge in [0.2, 0.25) is 0 Å². The van der Waals surface area contributed by atoms with Gasteiger partial charge in [-0.25, -0.2) is 0 Å². The minimum atomic E-state index is -1.55. The molecule has 0 radical (unpaired) electrons. The molecule has 4 nitrogen and oxygen atoms in total. The summed E-state index contributed by atoms with van der Waals surface area (Å²) in [5, 5.41) is 1.70. The van der Waals surface area contributed by atoms with Crippen LogP contribution in [-0.4, -0.2) is 28.0 Å². The lowest BCUT2D eigenvalue weighted by atomic mass is 9.37. The van der Waals surface area contributed by atoms with Gasteiger partial charge in [0.15, 0.2) is 0 Å². The normalized spacial score (nSPS) is 37.2. The summed E-state index contributed by atoms with van der Waals surface area (Å²) < 4.78 is 0. The van der Waals surface area contributed by atoms with E-state index in [0.717, 1.165) is 52.5 Å². The van der Waals surface area contributed by atoms with Crippen molar-refractivity contribution in [3.63, 3.8) is 0 Å². The van der Waals surface area contributed by atoms with E-state index in [1.54, 1.807) is 28.7 Å². The molecule has 0 amide bonds. The van der Waals surface area contributed by atoms with Crippen LogP contribution in [0.2, 0.25) is 19.6 Å². The maximum absolute atomic E-state index is 4.93. The molecule has 8 fully saturated rings. The number of hydrogen-bond donors (Lipinski definition) is 0. The van der Waals surface area contributed by atoms with Crippen molar-refractivity contribution in [3.05, 3.63) is 66.5 Å². The third-order valence-corrected chi connectivity index (χ3v) is 19.9. The maximum atomic E-state index is 4.93. The predicted octanol–water partition coefficient (Wildman–Crippen LogP) is 7.95. The summed E-state index contributed by atoms with van der Waals surface area (Å²) in [5.74, 6) is 5.67. The van der Waals surface area contributed by atoms with Crippen molar-refractivity contribution in [3.8, 4) is 0 Å². The van der Waals surface area contributed by atoms with Gasteiger partial charge in [-0.2, -0.15) is 0 Å². The Morgan fingerprint density at radius 1 is 0.696 bits per heavy atom. The second kappa shape index (κ2) is 11.0. The highest BCUT2D eigenvalue weighted by molar-refractivity contribution is 7.71. The van der Waals surface area contributed by atoms with Crippen molar-refractivity contribution in [2.75, 3.05) is 0 Å². The quantitative estimate of drug-likeness (QED) is 0.181. The number of rotatable bonds is 8. The van der Waals surface area contributed by atoms with Crippen molar-refractivity contribution < 1.29 is 0 Å². The van der Waals surface area contributed by atoms with Gasteiger partial charge in [-0.15, -0.1) is 9.24 Å².